The highest BCUT2D eigenvalue weighted by Gasteiger charge is 2.60. The molecule has 2 bridgehead atoms. The highest BCUT2D eigenvalue weighted by atomic mass is 35.5. The number of hydrogen-bond donors (Lipinski definition) is 3. The molecule has 256 valence electrons. The first kappa shape index (κ1) is 35.4. The number of quaternary nitrogens is 2. The number of carboxylic acid groups (broad SMARTS) is 1. The molecule has 2 aromatic rings. The molecule has 12 nitrogen and oxygen atoms in total. The number of amides is 2. The van der Waals surface area contributed by atoms with Gasteiger partial charge in [0.05, 0.1) is 41.7 Å². The largest absolute Gasteiger partial charge is 1.00 e. The van der Waals surface area contributed by atoms with Gasteiger partial charge in [0.1, 0.15) is 45.0 Å². The Hall–Kier alpha value is -2.94. The lowest BCUT2D eigenvalue weighted by molar-refractivity contribution is -1.08. The zero-order chi connectivity index (χ0) is 32.1. The molecule has 0 aliphatic carbocycles. The molecule has 0 radical (unpaired) electrons. The number of β-lactam (4-membered cyclic amide) rings is 1. The van der Waals surface area contributed by atoms with E-state index in [0.717, 1.165) is 78.6 Å². The molecule has 4 saturated heterocycles. The average Bonchev–Trinajstić information content (AvgIpc) is 3.35. The van der Waals surface area contributed by atoms with Crippen LogP contribution in [0.1, 0.15) is 25.8 Å². The number of anilines is 1. The van der Waals surface area contributed by atoms with Crippen LogP contribution < -0.4 is 34.9 Å². The van der Waals surface area contributed by atoms with Gasteiger partial charge in [0.2, 0.25) is 5.91 Å². The summed E-state index contributed by atoms with van der Waals surface area (Å²) in [6, 6.07) is 8.79. The maximum absolute atomic E-state index is 14.1. The second kappa shape index (κ2) is 12.2. The lowest BCUT2D eigenvalue weighted by Gasteiger charge is -2.55. The smallest absolute Gasteiger partial charge is 0.352 e. The number of primary amides is 1. The van der Waals surface area contributed by atoms with E-state index in [0.29, 0.717) is 23.2 Å². The quantitative estimate of drug-likeness (QED) is 0.164. The van der Waals surface area contributed by atoms with Crippen molar-refractivity contribution in [2.75, 3.05) is 63.2 Å². The fraction of sp³-hybridized carbons (Fsp3) is 0.531. The highest BCUT2D eigenvalue weighted by molar-refractivity contribution is 7.93. The molecule has 4 fully saturated rings. The van der Waals surface area contributed by atoms with Crippen LogP contribution in [0.4, 0.5) is 5.69 Å². The number of rotatable bonds is 10. The van der Waals surface area contributed by atoms with Crippen LogP contribution in [-0.2, 0) is 30.8 Å². The number of halogens is 2. The summed E-state index contributed by atoms with van der Waals surface area (Å²) in [6.45, 7) is 10.5. The fourth-order valence-corrected chi connectivity index (χ4v) is 10.6. The number of nitrogens with zero attached hydrogens (tertiary/aromatic N) is 4. The lowest BCUT2D eigenvalue weighted by atomic mass is 9.78. The summed E-state index contributed by atoms with van der Waals surface area (Å²) in [5, 5.41) is 21.7. The zero-order valence-corrected chi connectivity index (χ0v) is 28.8. The van der Waals surface area contributed by atoms with Crippen molar-refractivity contribution >= 4 is 44.3 Å². The zero-order valence-electron chi connectivity index (χ0n) is 26.4. The topological polar surface area (TPSA) is 158 Å². The van der Waals surface area contributed by atoms with E-state index in [1.807, 2.05) is 12.1 Å². The van der Waals surface area contributed by atoms with Gasteiger partial charge in [-0.05, 0) is 42.0 Å². The Morgan fingerprint density at radius 2 is 1.70 bits per heavy atom. The van der Waals surface area contributed by atoms with E-state index in [9.17, 15) is 33.0 Å². The van der Waals surface area contributed by atoms with Crippen molar-refractivity contribution in [3.05, 3.63) is 47.2 Å². The standard InChI is InChI=1S/C32H39N5O7S.2ClH/c1-19-23(30(32(41)42)35-29(19)27(20(2)38)31(35)40)17-34-24-7-3-6-22-15-21(16-25(28(22)24)45(34,43)44)5-4-8-36-9-12-37(13-10-36,14-11-36)18-26(33)39;;/h3,6-7,15-16,19-20,27,29,38H,4-5,8-14,17-18H2,1-2H3,(H-2,33,39,41,42);2*1H/t19-,20+,27+,29+,36?,37?;;/m0../s1. The van der Waals surface area contributed by atoms with Gasteiger partial charge >= 0.3 is 5.97 Å². The molecule has 6 aliphatic rings. The highest BCUT2D eigenvalue weighted by Crippen LogP contribution is 2.49. The van der Waals surface area contributed by atoms with Gasteiger partial charge in [0.15, 0.2) is 6.54 Å². The normalized spacial score (nSPS) is 30.4. The minimum Gasteiger partial charge on any atom is -1.00 e. The summed E-state index contributed by atoms with van der Waals surface area (Å²) >= 11 is 0. The Kier molecular flexibility index (Phi) is 9.17. The summed E-state index contributed by atoms with van der Waals surface area (Å²) in [5.41, 5.74) is 7.16. The van der Waals surface area contributed by atoms with E-state index in [4.69, 9.17) is 5.73 Å². The van der Waals surface area contributed by atoms with Crippen LogP contribution in [0, 0.1) is 11.8 Å². The third-order valence-corrected chi connectivity index (χ3v) is 13.2. The number of sulfonamides is 1. The molecule has 0 unspecified atom stereocenters. The molecule has 0 spiro atoms. The summed E-state index contributed by atoms with van der Waals surface area (Å²) < 4.78 is 31.4. The van der Waals surface area contributed by atoms with Crippen molar-refractivity contribution in [1.29, 1.82) is 0 Å². The van der Waals surface area contributed by atoms with E-state index < -0.39 is 45.9 Å². The van der Waals surface area contributed by atoms with E-state index in [2.05, 4.69) is 6.07 Å². The molecule has 2 aromatic carbocycles. The Balaban J connectivity index is 0.00000217. The SMILES string of the molecule is C[C@@H](O)[C@H]1C(=O)N2C(C(=O)O)=C(CN3c4cccc5cc(CCC[N+]67CC[N+](CC(N)=O)(CC6)CC7)cc(c45)S3(=O)=O)[C@H](C)[C@H]12.[Cl-].[Cl-]. The number of aliphatic hydroxyl groups excluding tert-OH is 1. The van der Waals surface area contributed by atoms with Crippen molar-refractivity contribution in [2.24, 2.45) is 17.6 Å². The Labute approximate surface area is 286 Å². The summed E-state index contributed by atoms with van der Waals surface area (Å²) in [7, 11) is -4.00. The van der Waals surface area contributed by atoms with Gasteiger partial charge in [-0.3, -0.25) is 13.9 Å². The molecule has 6 heterocycles. The van der Waals surface area contributed by atoms with Crippen LogP contribution >= 0.6 is 0 Å². The maximum atomic E-state index is 14.1. The summed E-state index contributed by atoms with van der Waals surface area (Å²) in [6.07, 6.45) is 0.702. The first-order valence-corrected chi connectivity index (χ1v) is 17.3. The second-order valence-electron chi connectivity index (χ2n) is 13.9. The fourth-order valence-electron chi connectivity index (χ4n) is 8.88. The lowest BCUT2D eigenvalue weighted by Crippen LogP contribution is -3.00. The van der Waals surface area contributed by atoms with Gasteiger partial charge in [-0.15, -0.1) is 0 Å². The van der Waals surface area contributed by atoms with Gasteiger partial charge in [-0.25, -0.2) is 13.2 Å². The van der Waals surface area contributed by atoms with Crippen LogP contribution in [0.15, 0.2) is 46.5 Å². The van der Waals surface area contributed by atoms with Gasteiger partial charge in [0.25, 0.3) is 15.9 Å². The van der Waals surface area contributed by atoms with Crippen LogP contribution in [0.2, 0.25) is 0 Å². The number of aryl methyl sites for hydroxylation is 1. The minimum absolute atomic E-state index is 0. The predicted molar refractivity (Wildman–Crippen MR) is 165 cm³/mol. The molecular formula is C32H41Cl2N5O7S. The third-order valence-electron chi connectivity index (χ3n) is 11.4. The first-order chi connectivity index (χ1) is 21.3. The number of nitrogens with two attached hydrogens (primary N) is 1. The van der Waals surface area contributed by atoms with Crippen LogP contribution in [0.5, 0.6) is 0 Å². The van der Waals surface area contributed by atoms with Gasteiger partial charge in [0, 0.05) is 17.7 Å². The number of hydrogen-bond acceptors (Lipinski definition) is 6. The number of carbonyl (C=O) groups excluding carboxylic acids is 2. The molecular weight excluding hydrogens is 669 g/mol. The summed E-state index contributed by atoms with van der Waals surface area (Å²) in [5.74, 6) is -3.11. The third kappa shape index (κ3) is 5.39. The molecule has 4 N–H and O–H groups in total. The van der Waals surface area contributed by atoms with E-state index in [-0.39, 0.29) is 47.9 Å². The van der Waals surface area contributed by atoms with Gasteiger partial charge in [-0.2, -0.15) is 0 Å². The molecule has 15 heteroatoms. The Morgan fingerprint density at radius 3 is 2.30 bits per heavy atom. The predicted octanol–water partition coefficient (Wildman–Crippen LogP) is -5.37. The van der Waals surface area contributed by atoms with Gasteiger partial charge in [-0.1, -0.05) is 25.1 Å². The number of aliphatic carboxylic acids is 1. The molecule has 6 aliphatic heterocycles. The number of carboxylic acids is 1. The van der Waals surface area contributed by atoms with Crippen LogP contribution in [0.3, 0.4) is 0 Å². The minimum atomic E-state index is -4.00. The molecule has 8 rings (SSSR count). The number of carbonyl (C=O) groups is 3. The van der Waals surface area contributed by atoms with E-state index in [1.54, 1.807) is 19.1 Å². The average molecular weight is 711 g/mol. The first-order valence-electron chi connectivity index (χ1n) is 15.8. The van der Waals surface area contributed by atoms with E-state index in [1.165, 1.54) is 16.1 Å². The van der Waals surface area contributed by atoms with E-state index >= 15 is 0 Å². The maximum Gasteiger partial charge on any atom is 0.352 e. The van der Waals surface area contributed by atoms with Crippen molar-refractivity contribution in [2.45, 2.75) is 43.7 Å². The van der Waals surface area contributed by atoms with Gasteiger partial charge < -0.3 is 54.6 Å². The van der Waals surface area contributed by atoms with Crippen molar-refractivity contribution in [1.82, 2.24) is 4.90 Å². The van der Waals surface area contributed by atoms with Crippen LogP contribution in [0.25, 0.3) is 10.8 Å². The molecule has 2 amide bonds. The Morgan fingerprint density at radius 1 is 1.06 bits per heavy atom. The summed E-state index contributed by atoms with van der Waals surface area (Å²) in [4.78, 5) is 38.2. The van der Waals surface area contributed by atoms with Crippen molar-refractivity contribution < 1.29 is 66.8 Å². The number of piperazine rings is 3. The molecule has 0 saturated carbocycles. The van der Waals surface area contributed by atoms with Crippen molar-refractivity contribution in [3.8, 4) is 0 Å². The Bertz CT molecular complexity index is 1770. The molecule has 47 heavy (non-hydrogen) atoms. The molecule has 4 atom stereocenters. The number of aliphatic hydroxyl groups is 1. The monoisotopic (exact) mass is 709 g/mol. The van der Waals surface area contributed by atoms with Crippen LogP contribution in [-0.4, -0.2) is 121 Å². The second-order valence-corrected chi connectivity index (χ2v) is 15.7. The van der Waals surface area contributed by atoms with Crippen molar-refractivity contribution in [3.63, 3.8) is 0 Å². The number of fused-ring (bicyclic) bond motifs is 4. The number of benzene rings is 2. The molecule has 0 aromatic heterocycles.